The normalized spacial score (nSPS) is 12.8. The second-order valence-corrected chi connectivity index (χ2v) is 8.38. The van der Waals surface area contributed by atoms with Crippen LogP contribution in [0.2, 0.25) is 0 Å². The molecule has 0 aromatic carbocycles. The molecule has 0 amide bonds. The number of methoxy groups -OCH3 is 1. The first-order chi connectivity index (χ1) is 12.2. The molecular weight excluding hydrogens is 386 g/mol. The number of unbranched alkanes of at least 4 members (excludes halogenated alkanes) is 1. The van der Waals surface area contributed by atoms with Crippen molar-refractivity contribution in [3.05, 3.63) is 0 Å². The van der Waals surface area contributed by atoms with Crippen LogP contribution in [0, 0.1) is 0 Å². The molecule has 0 saturated carbocycles. The van der Waals surface area contributed by atoms with Crippen LogP contribution in [0.4, 0.5) is 0 Å². The van der Waals surface area contributed by atoms with Gasteiger partial charge in [0.05, 0.1) is 19.0 Å². The molecule has 0 saturated heterocycles. The summed E-state index contributed by atoms with van der Waals surface area (Å²) in [7, 11) is -2.44. The maximum Gasteiger partial charge on any atom is 0.347 e. The van der Waals surface area contributed by atoms with E-state index in [1.54, 1.807) is 13.8 Å². The number of nitrogens with one attached hydrogen (secondary N) is 1. The molecule has 0 aliphatic carbocycles. The van der Waals surface area contributed by atoms with Crippen LogP contribution in [0.1, 0.15) is 46.5 Å². The molecule has 0 aromatic rings. The van der Waals surface area contributed by atoms with Crippen molar-refractivity contribution < 1.29 is 36.7 Å². The average molecular weight is 416 g/mol. The average Bonchev–Trinajstić information content (AvgIpc) is 2.58. The Morgan fingerprint density at radius 3 is 2.46 bits per heavy atom. The van der Waals surface area contributed by atoms with Crippen molar-refractivity contribution in [3.8, 4) is 0 Å². The third kappa shape index (κ3) is 13.3. The lowest BCUT2D eigenvalue weighted by Crippen LogP contribution is -2.36. The highest BCUT2D eigenvalue weighted by atomic mass is 32.2. The van der Waals surface area contributed by atoms with Crippen molar-refractivity contribution in [1.82, 2.24) is 4.72 Å². The Balaban J connectivity index is 4.14. The van der Waals surface area contributed by atoms with Gasteiger partial charge in [0.25, 0.3) is 0 Å². The van der Waals surface area contributed by atoms with Crippen molar-refractivity contribution in [1.29, 1.82) is 0 Å². The zero-order valence-electron chi connectivity index (χ0n) is 15.7. The Bertz CT molecular complexity index is 510. The van der Waals surface area contributed by atoms with Gasteiger partial charge < -0.3 is 9.47 Å². The highest BCUT2D eigenvalue weighted by Crippen LogP contribution is 2.09. The second-order valence-electron chi connectivity index (χ2n) is 5.67. The number of sulfonamides is 1. The Morgan fingerprint density at radius 2 is 1.88 bits per heavy atom. The number of carbonyl (C=O) groups is 2. The van der Waals surface area contributed by atoms with E-state index in [2.05, 4.69) is 9.46 Å². The van der Waals surface area contributed by atoms with Crippen LogP contribution in [-0.4, -0.2) is 57.7 Å². The minimum atomic E-state index is -3.64. The Labute approximate surface area is 159 Å². The van der Waals surface area contributed by atoms with Gasteiger partial charge in [-0.3, -0.25) is 4.79 Å². The zero-order valence-corrected chi connectivity index (χ0v) is 17.3. The maximum atomic E-state index is 11.8. The van der Waals surface area contributed by atoms with Crippen LogP contribution in [0.25, 0.3) is 0 Å². The van der Waals surface area contributed by atoms with Crippen LogP contribution in [0.3, 0.4) is 0 Å². The predicted octanol–water partition coefficient (Wildman–Crippen LogP) is 1.58. The van der Waals surface area contributed by atoms with E-state index in [9.17, 15) is 18.0 Å². The molecule has 0 radical (unpaired) electrons. The zero-order chi connectivity index (χ0) is 20.0. The molecule has 1 atom stereocenters. The molecule has 0 spiro atoms. The topological polar surface area (TPSA) is 117 Å². The van der Waals surface area contributed by atoms with Crippen molar-refractivity contribution in [2.75, 3.05) is 25.2 Å². The molecule has 0 aromatic heterocycles. The van der Waals surface area contributed by atoms with Crippen LogP contribution in [-0.2, 0) is 38.3 Å². The number of rotatable bonds is 15. The standard InChI is InChI=1S/C15H29NO8S2/c1-5-6-8-13(15(18)21-4)22-14(17)11-16-26(19,20)10-7-9-25-24-23-12(2)3/h12-13,16H,5-11H2,1-4H3. The van der Waals surface area contributed by atoms with Gasteiger partial charge in [0.1, 0.15) is 6.54 Å². The summed E-state index contributed by atoms with van der Waals surface area (Å²) in [5.74, 6) is -1.24. The maximum absolute atomic E-state index is 11.8. The van der Waals surface area contributed by atoms with E-state index in [-0.39, 0.29) is 11.9 Å². The molecule has 154 valence electrons. The van der Waals surface area contributed by atoms with Gasteiger partial charge in [-0.15, -0.1) is 0 Å². The molecule has 0 aliphatic heterocycles. The van der Waals surface area contributed by atoms with E-state index >= 15 is 0 Å². The predicted molar refractivity (Wildman–Crippen MR) is 97.6 cm³/mol. The summed E-state index contributed by atoms with van der Waals surface area (Å²) in [5, 5.41) is 0. The fourth-order valence-corrected chi connectivity index (χ4v) is 3.37. The quantitative estimate of drug-likeness (QED) is 0.140. The summed E-state index contributed by atoms with van der Waals surface area (Å²) in [5.41, 5.74) is 0. The van der Waals surface area contributed by atoms with Gasteiger partial charge in [-0.05, 0) is 33.1 Å². The van der Waals surface area contributed by atoms with Crippen LogP contribution < -0.4 is 4.72 Å². The van der Waals surface area contributed by atoms with Gasteiger partial charge in [-0.25, -0.2) is 22.8 Å². The third-order valence-electron chi connectivity index (χ3n) is 2.91. The molecular formula is C15H29NO8S2. The van der Waals surface area contributed by atoms with Crippen LogP contribution in [0.5, 0.6) is 0 Å². The highest BCUT2D eigenvalue weighted by Gasteiger charge is 2.24. The molecule has 0 bridgehead atoms. The van der Waals surface area contributed by atoms with Crippen molar-refractivity contribution in [3.63, 3.8) is 0 Å². The highest BCUT2D eigenvalue weighted by molar-refractivity contribution is 7.94. The lowest BCUT2D eigenvalue weighted by molar-refractivity contribution is -0.220. The second kappa shape index (κ2) is 14.2. The number of hydrogen-bond donors (Lipinski definition) is 1. The van der Waals surface area contributed by atoms with Gasteiger partial charge in [0.2, 0.25) is 10.0 Å². The first kappa shape index (κ1) is 25.1. The molecule has 0 rings (SSSR count). The molecule has 1 unspecified atom stereocenters. The van der Waals surface area contributed by atoms with Gasteiger partial charge in [-0.2, -0.15) is 4.33 Å². The van der Waals surface area contributed by atoms with Crippen molar-refractivity contribution in [2.24, 2.45) is 0 Å². The molecule has 9 nitrogen and oxygen atoms in total. The third-order valence-corrected chi connectivity index (χ3v) is 4.96. The summed E-state index contributed by atoms with van der Waals surface area (Å²) >= 11 is 1.01. The first-order valence-electron chi connectivity index (χ1n) is 8.41. The molecule has 0 aliphatic rings. The Kier molecular flexibility index (Phi) is 13.7. The molecule has 0 fully saturated rings. The lowest BCUT2D eigenvalue weighted by atomic mass is 10.1. The minimum absolute atomic E-state index is 0.0787. The smallest absolute Gasteiger partial charge is 0.347 e. The summed E-state index contributed by atoms with van der Waals surface area (Å²) in [6, 6.07) is 0. The number of ether oxygens (including phenoxy) is 2. The lowest BCUT2D eigenvalue weighted by Gasteiger charge is -2.15. The molecule has 26 heavy (non-hydrogen) atoms. The summed E-state index contributed by atoms with van der Waals surface area (Å²) < 4.78 is 40.2. The fraction of sp³-hybridized carbons (Fsp3) is 0.867. The SMILES string of the molecule is CCCCC(OC(=O)CNS(=O)(=O)CCCSOOC(C)C)C(=O)OC. The Hall–Kier alpha value is -0.880. The van der Waals surface area contributed by atoms with Gasteiger partial charge in [0.15, 0.2) is 6.10 Å². The molecule has 11 heteroatoms. The van der Waals surface area contributed by atoms with E-state index in [0.717, 1.165) is 18.5 Å². The van der Waals surface area contributed by atoms with Crippen molar-refractivity contribution >= 4 is 34.0 Å². The number of carbonyl (C=O) groups excluding carboxylic acids is 2. The number of esters is 2. The van der Waals surface area contributed by atoms with Crippen LogP contribution in [0.15, 0.2) is 0 Å². The summed E-state index contributed by atoms with van der Waals surface area (Å²) in [6.07, 6.45) is 1.05. The summed E-state index contributed by atoms with van der Waals surface area (Å²) in [6.45, 7) is 5.01. The van der Waals surface area contributed by atoms with Gasteiger partial charge in [0, 0.05) is 17.8 Å². The van der Waals surface area contributed by atoms with Crippen molar-refractivity contribution in [2.45, 2.75) is 58.7 Å². The first-order valence-corrected chi connectivity index (χ1v) is 11.0. The molecule has 0 heterocycles. The summed E-state index contributed by atoms with van der Waals surface area (Å²) in [4.78, 5) is 28.2. The van der Waals surface area contributed by atoms with E-state index in [1.165, 1.54) is 7.11 Å². The van der Waals surface area contributed by atoms with E-state index in [4.69, 9.17) is 14.0 Å². The fourth-order valence-electron chi connectivity index (χ4n) is 1.64. The van der Waals surface area contributed by atoms with E-state index < -0.39 is 34.6 Å². The number of hydrogen-bond acceptors (Lipinski definition) is 9. The van der Waals surface area contributed by atoms with E-state index in [1.807, 2.05) is 6.92 Å². The van der Waals surface area contributed by atoms with Gasteiger partial charge >= 0.3 is 11.9 Å². The van der Waals surface area contributed by atoms with Crippen LogP contribution >= 0.6 is 12.0 Å². The van der Waals surface area contributed by atoms with E-state index in [0.29, 0.717) is 25.0 Å². The largest absolute Gasteiger partial charge is 0.466 e. The van der Waals surface area contributed by atoms with Gasteiger partial charge in [-0.1, -0.05) is 13.3 Å². The monoisotopic (exact) mass is 415 g/mol. The Morgan fingerprint density at radius 1 is 1.19 bits per heavy atom. The molecule has 1 N–H and O–H groups in total. The minimum Gasteiger partial charge on any atom is -0.466 e.